The first kappa shape index (κ1) is 20.1. The van der Waals surface area contributed by atoms with Crippen molar-refractivity contribution in [3.8, 4) is 0 Å². The maximum absolute atomic E-state index is 12.3. The molecule has 0 saturated carbocycles. The minimum Gasteiger partial charge on any atom is -0.454 e. The fraction of sp³-hybridized carbons (Fsp3) is 0.550. The summed E-state index contributed by atoms with van der Waals surface area (Å²) in [6.45, 7) is 9.19. The van der Waals surface area contributed by atoms with Crippen molar-refractivity contribution in [3.63, 3.8) is 0 Å². The summed E-state index contributed by atoms with van der Waals surface area (Å²) >= 11 is 0. The van der Waals surface area contributed by atoms with E-state index in [4.69, 9.17) is 9.47 Å². The molecule has 0 aromatic carbocycles. The lowest BCUT2D eigenvalue weighted by molar-refractivity contribution is -0.159. The van der Waals surface area contributed by atoms with E-state index in [0.717, 1.165) is 5.57 Å². The van der Waals surface area contributed by atoms with Crippen LogP contribution in [0.15, 0.2) is 35.5 Å². The number of carbonyl (C=O) groups excluding carboxylic acids is 3. The molecule has 6 nitrogen and oxygen atoms in total. The SMILES string of the molecule is C=C1C(=O)OC2C=C(C)CCC=C(C=O)C(OC(=O)C(C)CC)C(O)C12. The molecule has 2 aliphatic rings. The van der Waals surface area contributed by atoms with Crippen molar-refractivity contribution in [1.29, 1.82) is 0 Å². The molecule has 6 heteroatoms. The van der Waals surface area contributed by atoms with Crippen molar-refractivity contribution in [2.75, 3.05) is 0 Å². The third-order valence-electron chi connectivity index (χ3n) is 5.03. The number of rotatable bonds is 4. The van der Waals surface area contributed by atoms with Gasteiger partial charge in [0.2, 0.25) is 0 Å². The molecule has 0 aromatic rings. The molecule has 0 aromatic heterocycles. The fourth-order valence-corrected chi connectivity index (χ4v) is 3.14. The Kier molecular flexibility index (Phi) is 6.53. The molecular formula is C20H26O6. The second-order valence-electron chi connectivity index (χ2n) is 6.95. The Bertz CT molecular complexity index is 659. The van der Waals surface area contributed by atoms with E-state index in [9.17, 15) is 19.5 Å². The Morgan fingerprint density at radius 3 is 2.85 bits per heavy atom. The maximum Gasteiger partial charge on any atom is 0.334 e. The van der Waals surface area contributed by atoms with Crippen molar-refractivity contribution >= 4 is 18.2 Å². The topological polar surface area (TPSA) is 89.9 Å². The van der Waals surface area contributed by atoms with E-state index >= 15 is 0 Å². The molecule has 1 fully saturated rings. The zero-order valence-corrected chi connectivity index (χ0v) is 15.4. The van der Waals surface area contributed by atoms with Gasteiger partial charge in [0.05, 0.1) is 11.8 Å². The Morgan fingerprint density at radius 2 is 2.23 bits per heavy atom. The van der Waals surface area contributed by atoms with Crippen LogP contribution in [-0.4, -0.2) is 41.6 Å². The number of fused-ring (bicyclic) bond motifs is 1. The van der Waals surface area contributed by atoms with Gasteiger partial charge >= 0.3 is 11.9 Å². The van der Waals surface area contributed by atoms with Crippen LogP contribution in [0.2, 0.25) is 0 Å². The molecule has 1 aliphatic carbocycles. The van der Waals surface area contributed by atoms with Gasteiger partial charge in [0.25, 0.3) is 0 Å². The molecule has 5 unspecified atom stereocenters. The van der Waals surface area contributed by atoms with Crippen LogP contribution in [0.5, 0.6) is 0 Å². The van der Waals surface area contributed by atoms with Crippen LogP contribution in [0, 0.1) is 11.8 Å². The number of carbonyl (C=O) groups is 3. The van der Waals surface area contributed by atoms with Crippen LogP contribution in [0.25, 0.3) is 0 Å². The number of aliphatic hydroxyl groups is 1. The molecule has 0 bridgehead atoms. The molecule has 142 valence electrons. The number of hydrogen-bond acceptors (Lipinski definition) is 6. The monoisotopic (exact) mass is 362 g/mol. The van der Waals surface area contributed by atoms with E-state index in [0.29, 0.717) is 25.5 Å². The van der Waals surface area contributed by atoms with E-state index in [-0.39, 0.29) is 17.1 Å². The number of allylic oxidation sites excluding steroid dienone is 2. The Labute approximate surface area is 153 Å². The summed E-state index contributed by atoms with van der Waals surface area (Å²) in [4.78, 5) is 35.9. The lowest BCUT2D eigenvalue weighted by Gasteiger charge is -2.30. The summed E-state index contributed by atoms with van der Waals surface area (Å²) < 4.78 is 10.8. The molecule has 1 saturated heterocycles. The highest BCUT2D eigenvalue weighted by molar-refractivity contribution is 5.91. The van der Waals surface area contributed by atoms with E-state index in [2.05, 4.69) is 6.58 Å². The molecule has 0 amide bonds. The normalized spacial score (nSPS) is 30.5. The first-order chi connectivity index (χ1) is 12.3. The number of esters is 2. The van der Waals surface area contributed by atoms with Gasteiger partial charge in [-0.2, -0.15) is 0 Å². The molecule has 2 rings (SSSR count). The molecular weight excluding hydrogens is 336 g/mol. The van der Waals surface area contributed by atoms with Gasteiger partial charge in [0.1, 0.15) is 18.5 Å². The molecule has 1 N–H and O–H groups in total. The summed E-state index contributed by atoms with van der Waals surface area (Å²) in [6, 6.07) is 0. The Hall–Kier alpha value is -2.21. The van der Waals surface area contributed by atoms with Gasteiger partial charge in [-0.05, 0) is 32.3 Å². The number of aliphatic hydroxyl groups excluding tert-OH is 1. The second kappa shape index (κ2) is 8.45. The Balaban J connectivity index is 2.43. The van der Waals surface area contributed by atoms with Crippen molar-refractivity contribution in [2.45, 2.75) is 58.3 Å². The zero-order chi connectivity index (χ0) is 19.4. The highest BCUT2D eigenvalue weighted by atomic mass is 16.6. The fourth-order valence-electron chi connectivity index (χ4n) is 3.14. The largest absolute Gasteiger partial charge is 0.454 e. The van der Waals surface area contributed by atoms with E-state index in [1.165, 1.54) is 0 Å². The van der Waals surface area contributed by atoms with Crippen molar-refractivity contribution in [3.05, 3.63) is 35.5 Å². The average molecular weight is 362 g/mol. The predicted molar refractivity (Wildman–Crippen MR) is 95.0 cm³/mol. The van der Waals surface area contributed by atoms with Gasteiger partial charge in [0, 0.05) is 11.1 Å². The van der Waals surface area contributed by atoms with Crippen LogP contribution >= 0.6 is 0 Å². The number of ether oxygens (including phenoxy) is 2. The Morgan fingerprint density at radius 1 is 1.54 bits per heavy atom. The molecule has 1 heterocycles. The molecule has 0 radical (unpaired) electrons. The zero-order valence-electron chi connectivity index (χ0n) is 15.4. The van der Waals surface area contributed by atoms with Gasteiger partial charge in [-0.25, -0.2) is 4.79 Å². The van der Waals surface area contributed by atoms with Crippen LogP contribution in [0.3, 0.4) is 0 Å². The number of hydrogen-bond donors (Lipinski definition) is 1. The molecule has 0 spiro atoms. The lowest BCUT2D eigenvalue weighted by atomic mass is 9.84. The minimum atomic E-state index is -1.31. The van der Waals surface area contributed by atoms with Crippen molar-refractivity contribution in [1.82, 2.24) is 0 Å². The minimum absolute atomic E-state index is 0.113. The first-order valence-corrected chi connectivity index (χ1v) is 8.91. The summed E-state index contributed by atoms with van der Waals surface area (Å²) in [5, 5.41) is 10.9. The van der Waals surface area contributed by atoms with E-state index in [1.54, 1.807) is 19.1 Å². The van der Waals surface area contributed by atoms with Crippen LogP contribution in [-0.2, 0) is 23.9 Å². The quantitative estimate of drug-likeness (QED) is 0.357. The van der Waals surface area contributed by atoms with Crippen molar-refractivity contribution in [2.24, 2.45) is 11.8 Å². The summed E-state index contributed by atoms with van der Waals surface area (Å²) in [5.41, 5.74) is 1.28. The van der Waals surface area contributed by atoms with Gasteiger partial charge in [-0.1, -0.05) is 32.1 Å². The van der Waals surface area contributed by atoms with Gasteiger partial charge in [-0.15, -0.1) is 0 Å². The molecule has 1 aliphatic heterocycles. The summed E-state index contributed by atoms with van der Waals surface area (Å²) in [7, 11) is 0. The van der Waals surface area contributed by atoms with Crippen LogP contribution < -0.4 is 0 Å². The molecule has 26 heavy (non-hydrogen) atoms. The standard InChI is InChI=1S/C20H26O6/c1-5-12(3)19(23)26-18-14(10-21)8-6-7-11(2)9-15-16(17(18)22)13(4)20(24)25-15/h8-10,12,15-18,22H,4-7H2,1-3H3. The van der Waals surface area contributed by atoms with Crippen LogP contribution in [0.4, 0.5) is 0 Å². The summed E-state index contributed by atoms with van der Waals surface area (Å²) in [6.07, 6.45) is 2.66. The second-order valence-corrected chi connectivity index (χ2v) is 6.95. The van der Waals surface area contributed by atoms with Gasteiger partial charge in [0.15, 0.2) is 6.10 Å². The summed E-state index contributed by atoms with van der Waals surface area (Å²) in [5.74, 6) is -2.24. The first-order valence-electron chi connectivity index (χ1n) is 8.91. The lowest BCUT2D eigenvalue weighted by Crippen LogP contribution is -2.43. The highest BCUT2D eigenvalue weighted by Gasteiger charge is 2.46. The van der Waals surface area contributed by atoms with Crippen molar-refractivity contribution < 1.29 is 29.0 Å². The van der Waals surface area contributed by atoms with Gasteiger partial charge in [-0.3, -0.25) is 9.59 Å². The smallest absolute Gasteiger partial charge is 0.334 e. The predicted octanol–water partition coefficient (Wildman–Crippen LogP) is 2.27. The number of aldehydes is 1. The maximum atomic E-state index is 12.3. The third kappa shape index (κ3) is 4.12. The van der Waals surface area contributed by atoms with Gasteiger partial charge < -0.3 is 14.6 Å². The third-order valence-corrected chi connectivity index (χ3v) is 5.03. The average Bonchev–Trinajstić information content (AvgIpc) is 2.88. The molecule has 5 atom stereocenters. The van der Waals surface area contributed by atoms with Crippen LogP contribution in [0.1, 0.15) is 40.0 Å². The highest BCUT2D eigenvalue weighted by Crippen LogP contribution is 2.35. The van der Waals surface area contributed by atoms with E-state index < -0.39 is 36.2 Å². The van der Waals surface area contributed by atoms with E-state index in [1.807, 2.05) is 13.8 Å².